The molecule has 2 N–H and O–H groups in total. The van der Waals surface area contributed by atoms with Crippen LogP contribution < -0.4 is 5.73 Å². The summed E-state index contributed by atoms with van der Waals surface area (Å²) >= 11 is 3.44. The van der Waals surface area contributed by atoms with Gasteiger partial charge in [-0.05, 0) is 30.5 Å². The molecule has 1 aromatic carbocycles. The average Bonchev–Trinajstić information content (AvgIpc) is 2.96. The van der Waals surface area contributed by atoms with Gasteiger partial charge in [0.15, 0.2) is 9.84 Å². The second kappa shape index (κ2) is 3.82. The van der Waals surface area contributed by atoms with E-state index in [9.17, 15) is 8.42 Å². The largest absolute Gasteiger partial charge is 0.330 e. The van der Waals surface area contributed by atoms with E-state index in [-0.39, 0.29) is 5.41 Å². The van der Waals surface area contributed by atoms with Crippen molar-refractivity contribution in [1.29, 1.82) is 0 Å². The molecular formula is C11H14BrNO2S. The van der Waals surface area contributed by atoms with Crippen LogP contribution >= 0.6 is 15.9 Å². The summed E-state index contributed by atoms with van der Waals surface area (Å²) in [6.07, 6.45) is 3.17. The maximum absolute atomic E-state index is 11.7. The fraction of sp³-hybridized carbons (Fsp3) is 0.455. The van der Waals surface area contributed by atoms with Crippen molar-refractivity contribution in [3.8, 4) is 0 Å². The molecule has 3 nitrogen and oxygen atoms in total. The third-order valence-corrected chi connectivity index (χ3v) is 4.95. The smallest absolute Gasteiger partial charge is 0.175 e. The highest BCUT2D eigenvalue weighted by molar-refractivity contribution is 9.10. The molecule has 1 fully saturated rings. The van der Waals surface area contributed by atoms with Gasteiger partial charge in [0.05, 0.1) is 4.90 Å². The summed E-state index contributed by atoms with van der Waals surface area (Å²) in [4.78, 5) is 0.407. The molecule has 16 heavy (non-hydrogen) atoms. The van der Waals surface area contributed by atoms with Crippen LogP contribution in [0.4, 0.5) is 0 Å². The topological polar surface area (TPSA) is 60.2 Å². The number of nitrogens with two attached hydrogens (primary N) is 1. The van der Waals surface area contributed by atoms with Crippen LogP contribution in [0, 0.1) is 0 Å². The highest BCUT2D eigenvalue weighted by Crippen LogP contribution is 2.51. The zero-order valence-electron chi connectivity index (χ0n) is 9.03. The third-order valence-electron chi connectivity index (χ3n) is 3.15. The highest BCUT2D eigenvalue weighted by atomic mass is 79.9. The summed E-state index contributed by atoms with van der Waals surface area (Å²) in [6.45, 7) is 0.498. The predicted octanol–water partition coefficient (Wildman–Crippen LogP) is 1.84. The molecule has 1 saturated carbocycles. The van der Waals surface area contributed by atoms with Crippen molar-refractivity contribution in [2.75, 3.05) is 12.8 Å². The Morgan fingerprint density at radius 3 is 2.50 bits per heavy atom. The molecule has 0 bridgehead atoms. The summed E-state index contributed by atoms with van der Waals surface area (Å²) in [5, 5.41) is 0. The molecule has 88 valence electrons. The molecule has 1 aromatic rings. The summed E-state index contributed by atoms with van der Waals surface area (Å²) in [6, 6.07) is 5.28. The molecule has 1 aliphatic carbocycles. The van der Waals surface area contributed by atoms with Gasteiger partial charge in [0.25, 0.3) is 0 Å². The monoisotopic (exact) mass is 303 g/mol. The van der Waals surface area contributed by atoms with E-state index < -0.39 is 9.84 Å². The van der Waals surface area contributed by atoms with E-state index in [0.717, 1.165) is 22.9 Å². The Hall–Kier alpha value is -0.390. The summed E-state index contributed by atoms with van der Waals surface area (Å²) in [7, 11) is -3.19. The van der Waals surface area contributed by atoms with Crippen molar-refractivity contribution in [3.05, 3.63) is 28.2 Å². The van der Waals surface area contributed by atoms with E-state index in [0.29, 0.717) is 11.4 Å². The first-order valence-corrected chi connectivity index (χ1v) is 7.78. The second-order valence-corrected chi connectivity index (χ2v) is 7.21. The van der Waals surface area contributed by atoms with Crippen LogP contribution in [-0.2, 0) is 15.3 Å². The molecule has 0 spiro atoms. The number of halogens is 1. The standard InChI is InChI=1S/C11H14BrNO2S/c1-16(14,15)9-4-2-3-8(12)10(9)11(7-13)5-6-11/h2-4H,5-7,13H2,1H3. The van der Waals surface area contributed by atoms with E-state index >= 15 is 0 Å². The molecule has 1 aliphatic rings. The Balaban J connectivity index is 2.68. The number of rotatable bonds is 3. The first kappa shape index (κ1) is 12.1. The van der Waals surface area contributed by atoms with Gasteiger partial charge in [-0.1, -0.05) is 22.0 Å². The maximum Gasteiger partial charge on any atom is 0.175 e. The highest BCUT2D eigenvalue weighted by Gasteiger charge is 2.46. The number of benzene rings is 1. The zero-order valence-corrected chi connectivity index (χ0v) is 11.4. The molecule has 5 heteroatoms. The lowest BCUT2D eigenvalue weighted by atomic mass is 9.96. The first-order chi connectivity index (χ1) is 7.41. The Bertz CT molecular complexity index is 521. The quantitative estimate of drug-likeness (QED) is 0.927. The lowest BCUT2D eigenvalue weighted by Crippen LogP contribution is -2.22. The molecule has 0 unspecified atom stereocenters. The van der Waals surface area contributed by atoms with E-state index in [1.54, 1.807) is 12.1 Å². The first-order valence-electron chi connectivity index (χ1n) is 5.10. The summed E-state index contributed by atoms with van der Waals surface area (Å²) in [5.74, 6) is 0. The maximum atomic E-state index is 11.7. The molecule has 0 saturated heterocycles. The minimum Gasteiger partial charge on any atom is -0.330 e. The lowest BCUT2D eigenvalue weighted by Gasteiger charge is -2.18. The normalized spacial score (nSPS) is 18.4. The van der Waals surface area contributed by atoms with Gasteiger partial charge in [-0.3, -0.25) is 0 Å². The second-order valence-electron chi connectivity index (χ2n) is 4.37. The number of sulfone groups is 1. The minimum absolute atomic E-state index is 0.126. The van der Waals surface area contributed by atoms with E-state index in [2.05, 4.69) is 15.9 Å². The number of hydrogen-bond donors (Lipinski definition) is 1. The SMILES string of the molecule is CS(=O)(=O)c1cccc(Br)c1C1(CN)CC1. The van der Waals surface area contributed by atoms with Crippen molar-refractivity contribution in [1.82, 2.24) is 0 Å². The van der Waals surface area contributed by atoms with Crippen LogP contribution in [0.5, 0.6) is 0 Å². The average molecular weight is 304 g/mol. The minimum atomic E-state index is -3.19. The van der Waals surface area contributed by atoms with E-state index in [1.807, 2.05) is 6.07 Å². The Morgan fingerprint density at radius 1 is 1.44 bits per heavy atom. The van der Waals surface area contributed by atoms with Gasteiger partial charge in [-0.15, -0.1) is 0 Å². The van der Waals surface area contributed by atoms with E-state index in [1.165, 1.54) is 6.26 Å². The molecule has 0 radical (unpaired) electrons. The molecule has 0 aliphatic heterocycles. The van der Waals surface area contributed by atoms with Crippen LogP contribution in [0.2, 0.25) is 0 Å². The zero-order chi connectivity index (χ0) is 12.0. The van der Waals surface area contributed by atoms with Crippen molar-refractivity contribution in [2.24, 2.45) is 5.73 Å². The van der Waals surface area contributed by atoms with Crippen LogP contribution in [0.3, 0.4) is 0 Å². The van der Waals surface area contributed by atoms with Gasteiger partial charge in [-0.2, -0.15) is 0 Å². The van der Waals surface area contributed by atoms with Gasteiger partial charge >= 0.3 is 0 Å². The van der Waals surface area contributed by atoms with Crippen molar-refractivity contribution < 1.29 is 8.42 Å². The fourth-order valence-corrected chi connectivity index (χ4v) is 3.98. The lowest BCUT2D eigenvalue weighted by molar-refractivity contribution is 0.596. The Kier molecular flexibility index (Phi) is 2.88. The summed E-state index contributed by atoms with van der Waals surface area (Å²) < 4.78 is 24.3. The van der Waals surface area contributed by atoms with Gasteiger partial charge < -0.3 is 5.73 Å². The predicted molar refractivity (Wildman–Crippen MR) is 67.2 cm³/mol. The molecule has 0 amide bonds. The van der Waals surface area contributed by atoms with Crippen molar-refractivity contribution in [3.63, 3.8) is 0 Å². The van der Waals surface area contributed by atoms with Gasteiger partial charge in [0, 0.05) is 22.7 Å². The Labute approximate surface area is 104 Å². The third kappa shape index (κ3) is 1.92. The van der Waals surface area contributed by atoms with Gasteiger partial charge in [-0.25, -0.2) is 8.42 Å². The molecule has 0 heterocycles. The van der Waals surface area contributed by atoms with Crippen LogP contribution in [0.15, 0.2) is 27.6 Å². The van der Waals surface area contributed by atoms with E-state index in [4.69, 9.17) is 5.73 Å². The fourth-order valence-electron chi connectivity index (χ4n) is 2.04. The van der Waals surface area contributed by atoms with Crippen molar-refractivity contribution in [2.45, 2.75) is 23.2 Å². The van der Waals surface area contributed by atoms with Gasteiger partial charge in [0.1, 0.15) is 0 Å². The number of hydrogen-bond acceptors (Lipinski definition) is 3. The van der Waals surface area contributed by atoms with Crippen molar-refractivity contribution >= 4 is 25.8 Å². The molecule has 0 aromatic heterocycles. The molecule has 2 rings (SSSR count). The molecule has 0 atom stereocenters. The van der Waals surface area contributed by atoms with Crippen LogP contribution in [0.25, 0.3) is 0 Å². The van der Waals surface area contributed by atoms with Crippen LogP contribution in [-0.4, -0.2) is 21.2 Å². The molecular weight excluding hydrogens is 290 g/mol. The Morgan fingerprint density at radius 2 is 2.06 bits per heavy atom. The van der Waals surface area contributed by atoms with Gasteiger partial charge in [0.2, 0.25) is 0 Å². The van der Waals surface area contributed by atoms with Crippen LogP contribution in [0.1, 0.15) is 18.4 Å². The summed E-state index contributed by atoms with van der Waals surface area (Å²) in [5.41, 5.74) is 6.50.